The molecular weight excluding hydrogens is 436 g/mol. The van der Waals surface area contributed by atoms with Crippen molar-refractivity contribution in [1.29, 1.82) is 0 Å². The van der Waals surface area contributed by atoms with E-state index >= 15 is 0 Å². The zero-order chi connectivity index (χ0) is 25.0. The molecule has 0 saturated carbocycles. The molecule has 0 saturated heterocycles. The van der Waals surface area contributed by atoms with Gasteiger partial charge in [-0.05, 0) is 48.7 Å². The molecule has 0 aliphatic heterocycles. The van der Waals surface area contributed by atoms with Gasteiger partial charge in [-0.1, -0.05) is 84.9 Å². The van der Waals surface area contributed by atoms with E-state index in [1.165, 1.54) is 0 Å². The summed E-state index contributed by atoms with van der Waals surface area (Å²) in [5.41, 5.74) is 9.92. The summed E-state index contributed by atoms with van der Waals surface area (Å²) >= 11 is 0. The lowest BCUT2D eigenvalue weighted by molar-refractivity contribution is -0.140. The Balaban J connectivity index is 1.72. The van der Waals surface area contributed by atoms with Crippen molar-refractivity contribution in [3.63, 3.8) is 0 Å². The quantitative estimate of drug-likeness (QED) is 0.354. The van der Waals surface area contributed by atoms with Crippen molar-refractivity contribution in [2.45, 2.75) is 31.3 Å². The zero-order valence-corrected chi connectivity index (χ0v) is 20.6. The lowest BCUT2D eigenvalue weighted by atomic mass is 9.99. The van der Waals surface area contributed by atoms with Crippen molar-refractivity contribution < 1.29 is 9.59 Å². The van der Waals surface area contributed by atoms with Crippen molar-refractivity contribution in [2.75, 3.05) is 27.2 Å². The predicted molar refractivity (Wildman–Crippen MR) is 142 cm³/mol. The van der Waals surface area contributed by atoms with Crippen molar-refractivity contribution in [3.8, 4) is 11.1 Å². The highest BCUT2D eigenvalue weighted by Gasteiger charge is 2.30. The second-order valence-electron chi connectivity index (χ2n) is 8.70. The Morgan fingerprint density at radius 1 is 0.829 bits per heavy atom. The topological polar surface area (TPSA) is 87.5 Å². The summed E-state index contributed by atoms with van der Waals surface area (Å²) in [5, 5.41) is 6.08. The van der Waals surface area contributed by atoms with Gasteiger partial charge >= 0.3 is 0 Å². The molecule has 0 heterocycles. The highest BCUT2D eigenvalue weighted by Crippen LogP contribution is 2.20. The first kappa shape index (κ1) is 26.1. The van der Waals surface area contributed by atoms with Gasteiger partial charge in [0, 0.05) is 20.0 Å². The minimum atomic E-state index is -0.612. The first-order valence-corrected chi connectivity index (χ1v) is 12.1. The SMILES string of the molecule is CN[C@H](Cc1ccc(-c2ccccc2)cc1)C(=O)N(C)[C@H](Cc1ccccc1)C(=O)NCCCN. The van der Waals surface area contributed by atoms with Crippen LogP contribution in [-0.4, -0.2) is 56.0 Å². The molecule has 0 spiro atoms. The van der Waals surface area contributed by atoms with Gasteiger partial charge in [-0.3, -0.25) is 9.59 Å². The van der Waals surface area contributed by atoms with Crippen LogP contribution in [0.25, 0.3) is 11.1 Å². The van der Waals surface area contributed by atoms with Gasteiger partial charge in [0.1, 0.15) is 6.04 Å². The molecule has 6 nitrogen and oxygen atoms in total. The van der Waals surface area contributed by atoms with Gasteiger partial charge in [0.05, 0.1) is 6.04 Å². The third-order valence-electron chi connectivity index (χ3n) is 6.22. The Hall–Kier alpha value is -3.48. The monoisotopic (exact) mass is 472 g/mol. The molecule has 35 heavy (non-hydrogen) atoms. The van der Waals surface area contributed by atoms with E-state index in [0.29, 0.717) is 32.4 Å². The van der Waals surface area contributed by atoms with Crippen LogP contribution in [-0.2, 0) is 22.4 Å². The highest BCUT2D eigenvalue weighted by molar-refractivity contribution is 5.90. The molecule has 3 rings (SSSR count). The largest absolute Gasteiger partial charge is 0.354 e. The summed E-state index contributed by atoms with van der Waals surface area (Å²) < 4.78 is 0. The molecule has 0 fully saturated rings. The number of likely N-dealkylation sites (N-methyl/N-ethyl adjacent to an activating group) is 2. The molecule has 184 valence electrons. The number of carbonyl (C=O) groups excluding carboxylic acids is 2. The summed E-state index contributed by atoms with van der Waals surface area (Å²) in [4.78, 5) is 28.1. The van der Waals surface area contributed by atoms with Crippen LogP contribution < -0.4 is 16.4 Å². The second-order valence-corrected chi connectivity index (χ2v) is 8.70. The number of benzene rings is 3. The molecule has 2 amide bonds. The van der Waals surface area contributed by atoms with Crippen LogP contribution in [0.5, 0.6) is 0 Å². The average Bonchev–Trinajstić information content (AvgIpc) is 2.91. The van der Waals surface area contributed by atoms with E-state index in [1.54, 1.807) is 19.0 Å². The standard InChI is InChI=1S/C29H36N4O2/c1-31-26(20-23-14-16-25(17-15-23)24-12-7-4-8-13-24)29(35)33(2)27(28(34)32-19-9-18-30)21-22-10-5-3-6-11-22/h3-8,10-17,26-27,31H,9,18-21,30H2,1-2H3,(H,32,34)/t26-,27-/m1/s1. The number of carbonyl (C=O) groups is 2. The number of amides is 2. The van der Waals surface area contributed by atoms with Crippen molar-refractivity contribution in [3.05, 3.63) is 96.1 Å². The van der Waals surface area contributed by atoms with Crippen LogP contribution in [0, 0.1) is 0 Å². The maximum absolute atomic E-state index is 13.5. The highest BCUT2D eigenvalue weighted by atomic mass is 16.2. The van der Waals surface area contributed by atoms with Crippen LogP contribution in [0.3, 0.4) is 0 Å². The van der Waals surface area contributed by atoms with E-state index in [2.05, 4.69) is 47.0 Å². The van der Waals surface area contributed by atoms with Gasteiger partial charge in [0.15, 0.2) is 0 Å². The van der Waals surface area contributed by atoms with Gasteiger partial charge in [-0.25, -0.2) is 0 Å². The van der Waals surface area contributed by atoms with E-state index in [-0.39, 0.29) is 11.8 Å². The molecule has 3 aromatic carbocycles. The van der Waals surface area contributed by atoms with Crippen molar-refractivity contribution >= 4 is 11.8 Å². The number of nitrogens with one attached hydrogen (secondary N) is 2. The first-order valence-electron chi connectivity index (χ1n) is 12.1. The maximum Gasteiger partial charge on any atom is 0.243 e. The number of nitrogens with zero attached hydrogens (tertiary/aromatic N) is 1. The van der Waals surface area contributed by atoms with E-state index in [4.69, 9.17) is 5.73 Å². The average molecular weight is 473 g/mol. The molecule has 6 heteroatoms. The lowest BCUT2D eigenvalue weighted by Gasteiger charge is -2.31. The first-order chi connectivity index (χ1) is 17.0. The second kappa shape index (κ2) is 13.4. The molecule has 3 aromatic rings. The minimum absolute atomic E-state index is 0.116. The zero-order valence-electron chi connectivity index (χ0n) is 20.6. The molecule has 0 aromatic heterocycles. The predicted octanol–water partition coefficient (Wildman–Crippen LogP) is 3.02. The van der Waals surface area contributed by atoms with Gasteiger partial charge in [0.2, 0.25) is 11.8 Å². The third-order valence-corrected chi connectivity index (χ3v) is 6.22. The third kappa shape index (κ3) is 7.50. The fourth-order valence-corrected chi connectivity index (χ4v) is 4.09. The Morgan fingerprint density at radius 2 is 1.40 bits per heavy atom. The normalized spacial score (nSPS) is 12.5. The van der Waals surface area contributed by atoms with E-state index in [0.717, 1.165) is 22.3 Å². The summed E-state index contributed by atoms with van der Waals surface area (Å²) in [5.74, 6) is -0.283. The summed E-state index contributed by atoms with van der Waals surface area (Å²) in [7, 11) is 3.49. The number of hydrogen-bond acceptors (Lipinski definition) is 4. The fraction of sp³-hybridized carbons (Fsp3) is 0.310. The molecule has 0 unspecified atom stereocenters. The Kier molecular flexibility index (Phi) is 10.0. The fourth-order valence-electron chi connectivity index (χ4n) is 4.09. The maximum atomic E-state index is 13.5. The Bertz CT molecular complexity index is 1060. The van der Waals surface area contributed by atoms with E-state index in [9.17, 15) is 9.59 Å². The van der Waals surface area contributed by atoms with Crippen LogP contribution in [0.1, 0.15) is 17.5 Å². The smallest absolute Gasteiger partial charge is 0.243 e. The van der Waals surface area contributed by atoms with Crippen molar-refractivity contribution in [1.82, 2.24) is 15.5 Å². The minimum Gasteiger partial charge on any atom is -0.354 e. The van der Waals surface area contributed by atoms with Crippen LogP contribution in [0.4, 0.5) is 0 Å². The van der Waals surface area contributed by atoms with Gasteiger partial charge < -0.3 is 21.3 Å². The summed E-state index contributed by atoms with van der Waals surface area (Å²) in [6.07, 6.45) is 1.67. The lowest BCUT2D eigenvalue weighted by Crippen LogP contribution is -2.54. The van der Waals surface area contributed by atoms with E-state index < -0.39 is 12.1 Å². The van der Waals surface area contributed by atoms with Gasteiger partial charge in [0.25, 0.3) is 0 Å². The summed E-state index contributed by atoms with van der Waals surface area (Å²) in [6, 6.07) is 27.2. The molecule has 2 atom stereocenters. The van der Waals surface area contributed by atoms with Crippen LogP contribution in [0.15, 0.2) is 84.9 Å². The molecule has 0 aliphatic rings. The summed E-state index contributed by atoms with van der Waals surface area (Å²) in [6.45, 7) is 0.995. The van der Waals surface area contributed by atoms with Gasteiger partial charge in [-0.2, -0.15) is 0 Å². The molecule has 0 aliphatic carbocycles. The van der Waals surface area contributed by atoms with Gasteiger partial charge in [-0.15, -0.1) is 0 Å². The molecule has 0 radical (unpaired) electrons. The molecule has 4 N–H and O–H groups in total. The molecule has 0 bridgehead atoms. The Labute approximate surface area is 208 Å². The van der Waals surface area contributed by atoms with Crippen LogP contribution >= 0.6 is 0 Å². The van der Waals surface area contributed by atoms with E-state index in [1.807, 2.05) is 48.5 Å². The number of nitrogens with two attached hydrogens (primary N) is 1. The van der Waals surface area contributed by atoms with Crippen LogP contribution in [0.2, 0.25) is 0 Å². The number of hydrogen-bond donors (Lipinski definition) is 3. The Morgan fingerprint density at radius 3 is 2.00 bits per heavy atom. The molecular formula is C29H36N4O2. The number of rotatable bonds is 12. The van der Waals surface area contributed by atoms with Crippen molar-refractivity contribution in [2.24, 2.45) is 5.73 Å².